The van der Waals surface area contributed by atoms with Crippen LogP contribution in [0, 0.1) is 6.92 Å². The molecule has 0 bridgehead atoms. The number of carbonyl (C=O) groups excluding carboxylic acids is 3. The van der Waals surface area contributed by atoms with E-state index in [1.807, 2.05) is 50.2 Å². The lowest BCUT2D eigenvalue weighted by Gasteiger charge is -2.26. The molecule has 5 nitrogen and oxygen atoms in total. The van der Waals surface area contributed by atoms with Crippen LogP contribution in [0.25, 0.3) is 0 Å². The molecule has 1 aliphatic rings. The number of nitrogens with zero attached hydrogens (tertiary/aromatic N) is 2. The molecule has 134 valence electrons. The van der Waals surface area contributed by atoms with Gasteiger partial charge in [0.05, 0.1) is 17.2 Å². The third-order valence-corrected chi connectivity index (χ3v) is 4.93. The number of aryl methyl sites for hydroxylation is 1. The van der Waals surface area contributed by atoms with Gasteiger partial charge in [0.15, 0.2) is 0 Å². The van der Waals surface area contributed by atoms with Gasteiger partial charge in [0.2, 0.25) is 5.91 Å². The molecule has 2 aromatic carbocycles. The fourth-order valence-corrected chi connectivity index (χ4v) is 3.16. The van der Waals surface area contributed by atoms with Crippen LogP contribution in [0.3, 0.4) is 0 Å². The molecule has 1 atom stereocenters. The first-order chi connectivity index (χ1) is 12.4. The molecule has 0 fully saturated rings. The van der Waals surface area contributed by atoms with Crippen LogP contribution in [0.1, 0.15) is 51.2 Å². The highest BCUT2D eigenvalue weighted by Crippen LogP contribution is 2.24. The average Bonchev–Trinajstić information content (AvgIpc) is 2.89. The van der Waals surface area contributed by atoms with Crippen LogP contribution in [-0.2, 0) is 4.79 Å². The maximum absolute atomic E-state index is 12.5. The Hall–Kier alpha value is -2.95. The average molecular weight is 350 g/mol. The van der Waals surface area contributed by atoms with E-state index in [1.165, 1.54) is 4.90 Å². The first kappa shape index (κ1) is 17.9. The fourth-order valence-electron chi connectivity index (χ4n) is 3.16. The molecule has 0 aliphatic carbocycles. The first-order valence-corrected chi connectivity index (χ1v) is 8.67. The molecule has 0 radical (unpaired) electrons. The van der Waals surface area contributed by atoms with Crippen molar-refractivity contribution >= 4 is 17.7 Å². The monoisotopic (exact) mass is 350 g/mol. The zero-order valence-electron chi connectivity index (χ0n) is 15.2. The summed E-state index contributed by atoms with van der Waals surface area (Å²) < 4.78 is 0. The SMILES string of the molecule is Cc1ccc2c(c1)C(=O)N(CCC(=O)N(C)C(C)c1ccccc1)C2=O. The summed E-state index contributed by atoms with van der Waals surface area (Å²) in [6, 6.07) is 14.9. The van der Waals surface area contributed by atoms with Crippen LogP contribution in [-0.4, -0.2) is 41.1 Å². The highest BCUT2D eigenvalue weighted by Gasteiger charge is 2.35. The van der Waals surface area contributed by atoms with E-state index in [1.54, 1.807) is 24.1 Å². The topological polar surface area (TPSA) is 57.7 Å². The van der Waals surface area contributed by atoms with E-state index in [9.17, 15) is 14.4 Å². The van der Waals surface area contributed by atoms with E-state index in [-0.39, 0.29) is 36.7 Å². The Labute approximate surface area is 153 Å². The number of fused-ring (bicyclic) bond motifs is 1. The lowest BCUT2D eigenvalue weighted by molar-refractivity contribution is -0.131. The Balaban J connectivity index is 1.65. The number of hydrogen-bond donors (Lipinski definition) is 0. The molecule has 1 heterocycles. The quantitative estimate of drug-likeness (QED) is 0.778. The molecular weight excluding hydrogens is 328 g/mol. The molecule has 0 saturated heterocycles. The molecule has 26 heavy (non-hydrogen) atoms. The summed E-state index contributed by atoms with van der Waals surface area (Å²) in [7, 11) is 1.74. The summed E-state index contributed by atoms with van der Waals surface area (Å²) in [5.41, 5.74) is 2.81. The summed E-state index contributed by atoms with van der Waals surface area (Å²) >= 11 is 0. The second-order valence-corrected chi connectivity index (χ2v) is 6.65. The molecule has 0 aromatic heterocycles. The van der Waals surface area contributed by atoms with E-state index in [0.29, 0.717) is 11.1 Å². The van der Waals surface area contributed by atoms with Gasteiger partial charge in [-0.3, -0.25) is 19.3 Å². The number of rotatable bonds is 5. The lowest BCUT2D eigenvalue weighted by Crippen LogP contribution is -2.36. The molecule has 1 unspecified atom stereocenters. The molecule has 0 saturated carbocycles. The summed E-state index contributed by atoms with van der Waals surface area (Å²) in [4.78, 5) is 40.3. The maximum atomic E-state index is 12.5. The lowest BCUT2D eigenvalue weighted by atomic mass is 10.1. The van der Waals surface area contributed by atoms with Gasteiger partial charge in [-0.1, -0.05) is 42.0 Å². The van der Waals surface area contributed by atoms with Gasteiger partial charge in [-0.2, -0.15) is 0 Å². The van der Waals surface area contributed by atoms with Crippen LogP contribution in [0.5, 0.6) is 0 Å². The van der Waals surface area contributed by atoms with Gasteiger partial charge in [-0.15, -0.1) is 0 Å². The number of benzene rings is 2. The number of imide groups is 1. The number of carbonyl (C=O) groups is 3. The molecule has 0 spiro atoms. The second-order valence-electron chi connectivity index (χ2n) is 6.65. The van der Waals surface area contributed by atoms with E-state index < -0.39 is 0 Å². The smallest absolute Gasteiger partial charge is 0.261 e. The Morgan fingerprint density at radius 2 is 1.69 bits per heavy atom. The predicted molar refractivity (Wildman–Crippen MR) is 98.8 cm³/mol. The highest BCUT2D eigenvalue weighted by atomic mass is 16.2. The Morgan fingerprint density at radius 3 is 2.38 bits per heavy atom. The van der Waals surface area contributed by atoms with Gasteiger partial charge in [0.25, 0.3) is 11.8 Å². The highest BCUT2D eigenvalue weighted by molar-refractivity contribution is 6.21. The van der Waals surface area contributed by atoms with Gasteiger partial charge in [-0.25, -0.2) is 0 Å². The minimum atomic E-state index is -0.323. The standard InChI is InChI=1S/C21H22N2O3/c1-14-9-10-17-18(13-14)21(26)23(20(17)25)12-11-19(24)22(3)15(2)16-7-5-4-6-8-16/h4-10,13,15H,11-12H2,1-3H3. The van der Waals surface area contributed by atoms with Crippen molar-refractivity contribution in [2.75, 3.05) is 13.6 Å². The van der Waals surface area contributed by atoms with Crippen LogP contribution >= 0.6 is 0 Å². The third kappa shape index (κ3) is 3.25. The molecule has 3 rings (SSSR count). The zero-order chi connectivity index (χ0) is 18.8. The minimum absolute atomic E-state index is 0.0754. The Kier molecular flexibility index (Phi) is 4.89. The van der Waals surface area contributed by atoms with Gasteiger partial charge in [-0.05, 0) is 31.5 Å². The Morgan fingerprint density at radius 1 is 1.04 bits per heavy atom. The molecule has 2 aromatic rings. The second kappa shape index (κ2) is 7.12. The van der Waals surface area contributed by atoms with Crippen molar-refractivity contribution in [3.8, 4) is 0 Å². The van der Waals surface area contributed by atoms with E-state index in [0.717, 1.165) is 11.1 Å². The first-order valence-electron chi connectivity index (χ1n) is 8.67. The van der Waals surface area contributed by atoms with Crippen molar-refractivity contribution in [1.82, 2.24) is 9.80 Å². The van der Waals surface area contributed by atoms with Crippen molar-refractivity contribution in [3.05, 3.63) is 70.8 Å². The van der Waals surface area contributed by atoms with Crippen LogP contribution in [0.15, 0.2) is 48.5 Å². The molecule has 0 N–H and O–H groups in total. The summed E-state index contributed by atoms with van der Waals surface area (Å²) in [5.74, 6) is -0.745. The zero-order valence-corrected chi connectivity index (χ0v) is 15.2. The van der Waals surface area contributed by atoms with Gasteiger partial charge >= 0.3 is 0 Å². The maximum Gasteiger partial charge on any atom is 0.261 e. The fraction of sp³-hybridized carbons (Fsp3) is 0.286. The van der Waals surface area contributed by atoms with Crippen molar-refractivity contribution in [2.45, 2.75) is 26.3 Å². The van der Waals surface area contributed by atoms with E-state index >= 15 is 0 Å². The van der Waals surface area contributed by atoms with Crippen molar-refractivity contribution in [1.29, 1.82) is 0 Å². The Bertz CT molecular complexity index is 861. The van der Waals surface area contributed by atoms with E-state index in [4.69, 9.17) is 0 Å². The number of hydrogen-bond acceptors (Lipinski definition) is 3. The van der Waals surface area contributed by atoms with Crippen molar-refractivity contribution in [2.24, 2.45) is 0 Å². The molecule has 5 heteroatoms. The van der Waals surface area contributed by atoms with Gasteiger partial charge < -0.3 is 4.90 Å². The summed E-state index contributed by atoms with van der Waals surface area (Å²) in [6.45, 7) is 3.93. The predicted octanol–water partition coefficient (Wildman–Crippen LogP) is 3.20. The van der Waals surface area contributed by atoms with Crippen molar-refractivity contribution < 1.29 is 14.4 Å². The van der Waals surface area contributed by atoms with Crippen LogP contribution < -0.4 is 0 Å². The number of amides is 3. The molecule has 1 aliphatic heterocycles. The minimum Gasteiger partial charge on any atom is -0.339 e. The molecule has 3 amide bonds. The third-order valence-electron chi connectivity index (χ3n) is 4.93. The summed E-state index contributed by atoms with van der Waals surface area (Å²) in [6.07, 6.45) is 0.109. The van der Waals surface area contributed by atoms with Crippen LogP contribution in [0.4, 0.5) is 0 Å². The van der Waals surface area contributed by atoms with Gasteiger partial charge in [0, 0.05) is 20.0 Å². The summed E-state index contributed by atoms with van der Waals surface area (Å²) in [5, 5.41) is 0. The van der Waals surface area contributed by atoms with Crippen molar-refractivity contribution in [3.63, 3.8) is 0 Å². The molecular formula is C21H22N2O3. The largest absolute Gasteiger partial charge is 0.339 e. The van der Waals surface area contributed by atoms with Crippen LogP contribution in [0.2, 0.25) is 0 Å². The normalized spacial score (nSPS) is 14.3. The van der Waals surface area contributed by atoms with E-state index in [2.05, 4.69) is 0 Å². The van der Waals surface area contributed by atoms with Gasteiger partial charge in [0.1, 0.15) is 0 Å².